The molecular formula is C24H21NO2S. The minimum atomic E-state index is 0.654. The van der Waals surface area contributed by atoms with E-state index in [1.54, 1.807) is 18.9 Å². The first-order valence-electron chi connectivity index (χ1n) is 9.12. The SMILES string of the molecule is COc1ccc(C)cc1CSc1nc(-c2ccccc2)c(-c2ccccc2)o1. The average molecular weight is 388 g/mol. The summed E-state index contributed by atoms with van der Waals surface area (Å²) in [6, 6.07) is 26.5. The van der Waals surface area contributed by atoms with Gasteiger partial charge >= 0.3 is 0 Å². The van der Waals surface area contributed by atoms with Crippen LogP contribution in [0.2, 0.25) is 0 Å². The van der Waals surface area contributed by atoms with Crippen LogP contribution < -0.4 is 4.74 Å². The van der Waals surface area contributed by atoms with Gasteiger partial charge in [-0.3, -0.25) is 0 Å². The lowest BCUT2D eigenvalue weighted by molar-refractivity contribution is 0.411. The third kappa shape index (κ3) is 3.97. The second-order valence-corrected chi connectivity index (χ2v) is 7.42. The number of rotatable bonds is 6. The molecule has 0 amide bonds. The normalized spacial score (nSPS) is 10.8. The van der Waals surface area contributed by atoms with Crippen molar-refractivity contribution in [3.8, 4) is 28.3 Å². The zero-order chi connectivity index (χ0) is 19.3. The van der Waals surface area contributed by atoms with Crippen molar-refractivity contribution in [3.63, 3.8) is 0 Å². The summed E-state index contributed by atoms with van der Waals surface area (Å²) in [6.07, 6.45) is 0. The Labute approximate surface area is 169 Å². The Morgan fingerprint density at radius 3 is 2.25 bits per heavy atom. The van der Waals surface area contributed by atoms with Gasteiger partial charge in [-0.25, -0.2) is 4.98 Å². The van der Waals surface area contributed by atoms with Crippen molar-refractivity contribution >= 4 is 11.8 Å². The van der Waals surface area contributed by atoms with E-state index in [1.165, 1.54) is 5.56 Å². The van der Waals surface area contributed by atoms with Crippen LogP contribution in [-0.4, -0.2) is 12.1 Å². The van der Waals surface area contributed by atoms with Crippen LogP contribution in [0.15, 0.2) is 88.5 Å². The maximum absolute atomic E-state index is 6.19. The predicted octanol–water partition coefficient (Wildman–Crippen LogP) is 6.62. The molecule has 3 aromatic carbocycles. The van der Waals surface area contributed by atoms with Crippen molar-refractivity contribution in [2.24, 2.45) is 0 Å². The number of benzene rings is 3. The summed E-state index contributed by atoms with van der Waals surface area (Å²) in [5.74, 6) is 2.41. The van der Waals surface area contributed by atoms with E-state index in [9.17, 15) is 0 Å². The monoisotopic (exact) mass is 387 g/mol. The molecule has 0 fully saturated rings. The number of hydrogen-bond acceptors (Lipinski definition) is 4. The highest BCUT2D eigenvalue weighted by atomic mass is 32.2. The van der Waals surface area contributed by atoms with Crippen molar-refractivity contribution in [2.75, 3.05) is 7.11 Å². The van der Waals surface area contributed by atoms with Crippen LogP contribution in [0.4, 0.5) is 0 Å². The smallest absolute Gasteiger partial charge is 0.257 e. The molecule has 4 aromatic rings. The first-order chi connectivity index (χ1) is 13.7. The summed E-state index contributed by atoms with van der Waals surface area (Å²) < 4.78 is 11.7. The quantitative estimate of drug-likeness (QED) is 0.348. The van der Waals surface area contributed by atoms with E-state index in [0.29, 0.717) is 5.22 Å². The van der Waals surface area contributed by atoms with Gasteiger partial charge in [0.15, 0.2) is 5.76 Å². The minimum Gasteiger partial charge on any atom is -0.496 e. The number of aromatic nitrogens is 1. The van der Waals surface area contributed by atoms with E-state index < -0.39 is 0 Å². The molecule has 140 valence electrons. The molecule has 28 heavy (non-hydrogen) atoms. The molecule has 0 atom stereocenters. The first kappa shape index (κ1) is 18.4. The van der Waals surface area contributed by atoms with Crippen molar-refractivity contribution in [2.45, 2.75) is 17.9 Å². The van der Waals surface area contributed by atoms with Crippen LogP contribution in [0.25, 0.3) is 22.6 Å². The molecule has 0 saturated heterocycles. The number of oxazole rings is 1. The molecule has 0 aliphatic rings. The van der Waals surface area contributed by atoms with Gasteiger partial charge in [0.25, 0.3) is 5.22 Å². The molecule has 0 unspecified atom stereocenters. The molecule has 4 heteroatoms. The van der Waals surface area contributed by atoms with Crippen LogP contribution in [-0.2, 0) is 5.75 Å². The molecule has 0 aliphatic carbocycles. The summed E-state index contributed by atoms with van der Waals surface area (Å²) in [5, 5.41) is 0.654. The van der Waals surface area contributed by atoms with Crippen LogP contribution >= 0.6 is 11.8 Å². The second-order valence-electron chi connectivity index (χ2n) is 6.49. The maximum atomic E-state index is 6.19. The highest BCUT2D eigenvalue weighted by Crippen LogP contribution is 2.37. The summed E-state index contributed by atoms with van der Waals surface area (Å²) in [5.41, 5.74) is 5.27. The molecule has 0 aliphatic heterocycles. The van der Waals surface area contributed by atoms with Gasteiger partial charge in [0, 0.05) is 22.4 Å². The molecule has 3 nitrogen and oxygen atoms in total. The summed E-state index contributed by atoms with van der Waals surface area (Å²) in [7, 11) is 1.70. The van der Waals surface area contributed by atoms with Crippen LogP contribution in [0.3, 0.4) is 0 Å². The zero-order valence-corrected chi connectivity index (χ0v) is 16.7. The van der Waals surface area contributed by atoms with Gasteiger partial charge in [0.2, 0.25) is 0 Å². The van der Waals surface area contributed by atoms with E-state index in [4.69, 9.17) is 14.1 Å². The fourth-order valence-electron chi connectivity index (χ4n) is 3.10. The Morgan fingerprint density at radius 2 is 1.57 bits per heavy atom. The third-order valence-electron chi connectivity index (χ3n) is 4.48. The van der Waals surface area contributed by atoms with E-state index >= 15 is 0 Å². The van der Waals surface area contributed by atoms with Crippen LogP contribution in [0.5, 0.6) is 5.75 Å². The summed E-state index contributed by atoms with van der Waals surface area (Å²) in [6.45, 7) is 2.08. The van der Waals surface area contributed by atoms with E-state index in [-0.39, 0.29) is 0 Å². The van der Waals surface area contributed by atoms with Gasteiger partial charge in [0.1, 0.15) is 11.4 Å². The van der Waals surface area contributed by atoms with Gasteiger partial charge in [0.05, 0.1) is 7.11 Å². The Hall–Kier alpha value is -2.98. The fraction of sp³-hybridized carbons (Fsp3) is 0.125. The zero-order valence-electron chi connectivity index (χ0n) is 15.9. The third-order valence-corrected chi connectivity index (χ3v) is 5.35. The highest BCUT2D eigenvalue weighted by Gasteiger charge is 2.17. The van der Waals surface area contributed by atoms with E-state index in [1.807, 2.05) is 54.6 Å². The number of methoxy groups -OCH3 is 1. The maximum Gasteiger partial charge on any atom is 0.257 e. The lowest BCUT2D eigenvalue weighted by Gasteiger charge is -2.08. The molecule has 0 bridgehead atoms. The van der Waals surface area contributed by atoms with Gasteiger partial charge in [-0.05, 0) is 13.0 Å². The summed E-state index contributed by atoms with van der Waals surface area (Å²) >= 11 is 1.58. The highest BCUT2D eigenvalue weighted by molar-refractivity contribution is 7.98. The lowest BCUT2D eigenvalue weighted by Crippen LogP contribution is -1.91. The number of thioether (sulfide) groups is 1. The van der Waals surface area contributed by atoms with Gasteiger partial charge < -0.3 is 9.15 Å². The van der Waals surface area contributed by atoms with Crippen molar-refractivity contribution in [1.29, 1.82) is 0 Å². The number of ether oxygens (including phenoxy) is 1. The number of hydrogen-bond donors (Lipinski definition) is 0. The molecule has 0 radical (unpaired) electrons. The topological polar surface area (TPSA) is 35.3 Å². The van der Waals surface area contributed by atoms with E-state index in [2.05, 4.69) is 31.2 Å². The molecule has 1 heterocycles. The number of nitrogens with zero attached hydrogens (tertiary/aromatic N) is 1. The van der Waals surface area contributed by atoms with Crippen molar-refractivity contribution in [3.05, 3.63) is 90.0 Å². The average Bonchev–Trinajstić information content (AvgIpc) is 3.18. The predicted molar refractivity (Wildman–Crippen MR) is 115 cm³/mol. The molecule has 0 spiro atoms. The van der Waals surface area contributed by atoms with Gasteiger partial charge in [-0.2, -0.15) is 0 Å². The van der Waals surface area contributed by atoms with Crippen molar-refractivity contribution in [1.82, 2.24) is 4.98 Å². The lowest BCUT2D eigenvalue weighted by atomic mass is 10.1. The van der Waals surface area contributed by atoms with Crippen LogP contribution in [0.1, 0.15) is 11.1 Å². The number of aryl methyl sites for hydroxylation is 1. The standard InChI is InChI=1S/C24H21NO2S/c1-17-13-14-21(26-2)20(15-17)16-28-24-25-22(18-9-5-3-6-10-18)23(27-24)19-11-7-4-8-12-19/h3-15H,16H2,1-2H3. The van der Waals surface area contributed by atoms with Gasteiger partial charge in [-0.1, -0.05) is 90.1 Å². The largest absolute Gasteiger partial charge is 0.496 e. The molecular weight excluding hydrogens is 366 g/mol. The second kappa shape index (κ2) is 8.36. The minimum absolute atomic E-state index is 0.654. The Kier molecular flexibility index (Phi) is 5.49. The molecule has 4 rings (SSSR count). The fourth-order valence-corrected chi connectivity index (χ4v) is 3.90. The molecule has 0 saturated carbocycles. The van der Waals surface area contributed by atoms with Crippen LogP contribution in [0, 0.1) is 6.92 Å². The van der Waals surface area contributed by atoms with Crippen molar-refractivity contribution < 1.29 is 9.15 Å². The molecule has 0 N–H and O–H groups in total. The Morgan fingerprint density at radius 1 is 0.893 bits per heavy atom. The van der Waals surface area contributed by atoms with E-state index in [0.717, 1.165) is 39.6 Å². The van der Waals surface area contributed by atoms with Gasteiger partial charge in [-0.15, -0.1) is 0 Å². The Balaban J connectivity index is 1.67. The molecule has 1 aromatic heterocycles. The Bertz CT molecular complexity index is 1000. The first-order valence-corrected chi connectivity index (χ1v) is 10.1. The summed E-state index contributed by atoms with van der Waals surface area (Å²) in [4.78, 5) is 4.81.